The zero-order valence-corrected chi connectivity index (χ0v) is 8.28. The lowest BCUT2D eigenvalue weighted by atomic mass is 10.0. The Morgan fingerprint density at radius 3 is 2.60 bits per heavy atom. The largest absolute Gasteiger partial charge is 0.496 e. The molecule has 1 unspecified atom stereocenters. The van der Waals surface area contributed by atoms with Crippen molar-refractivity contribution in [2.24, 2.45) is 5.73 Å². The summed E-state index contributed by atoms with van der Waals surface area (Å²) in [6.45, 7) is -0.125. The molecule has 0 radical (unpaired) electrons. The average molecular weight is 217 g/mol. The van der Waals surface area contributed by atoms with Crippen LogP contribution in [0.15, 0.2) is 18.2 Å². The van der Waals surface area contributed by atoms with E-state index in [2.05, 4.69) is 0 Å². The van der Waals surface area contributed by atoms with Crippen molar-refractivity contribution in [1.82, 2.24) is 0 Å². The molecule has 84 valence electrons. The maximum atomic E-state index is 12.6. The van der Waals surface area contributed by atoms with Gasteiger partial charge in [-0.2, -0.15) is 0 Å². The monoisotopic (exact) mass is 217 g/mol. The molecule has 3 N–H and O–H groups in total. The van der Waals surface area contributed by atoms with Gasteiger partial charge in [0.1, 0.15) is 5.75 Å². The van der Waals surface area contributed by atoms with Gasteiger partial charge in [-0.15, -0.1) is 0 Å². The topological polar surface area (TPSA) is 55.5 Å². The molecule has 15 heavy (non-hydrogen) atoms. The van der Waals surface area contributed by atoms with Crippen LogP contribution in [0, 0.1) is 0 Å². The number of nitrogens with two attached hydrogens (primary N) is 1. The number of hydrogen-bond donors (Lipinski definition) is 2. The smallest absolute Gasteiger partial charge is 0.264 e. The third-order valence-electron chi connectivity index (χ3n) is 2.11. The van der Waals surface area contributed by atoms with E-state index in [-0.39, 0.29) is 23.4 Å². The van der Waals surface area contributed by atoms with Crippen LogP contribution in [0.25, 0.3) is 0 Å². The molecule has 1 aromatic carbocycles. The molecular formula is C10H13F2NO2. The van der Waals surface area contributed by atoms with Gasteiger partial charge in [0.05, 0.1) is 13.2 Å². The number of rotatable bonds is 4. The summed E-state index contributed by atoms with van der Waals surface area (Å²) in [5, 5.41) is 9.53. The Labute approximate surface area is 86.5 Å². The fourth-order valence-electron chi connectivity index (χ4n) is 1.40. The van der Waals surface area contributed by atoms with Crippen molar-refractivity contribution in [3.05, 3.63) is 29.3 Å². The highest BCUT2D eigenvalue weighted by Gasteiger charge is 2.21. The van der Waals surface area contributed by atoms with E-state index in [9.17, 15) is 13.9 Å². The molecule has 0 aliphatic heterocycles. The zero-order valence-electron chi connectivity index (χ0n) is 8.28. The Morgan fingerprint density at radius 1 is 1.47 bits per heavy atom. The highest BCUT2D eigenvalue weighted by molar-refractivity contribution is 5.42. The third kappa shape index (κ3) is 2.43. The van der Waals surface area contributed by atoms with Gasteiger partial charge in [0.2, 0.25) is 0 Å². The van der Waals surface area contributed by atoms with Crippen molar-refractivity contribution < 1.29 is 18.6 Å². The van der Waals surface area contributed by atoms with E-state index in [0.717, 1.165) is 0 Å². The summed E-state index contributed by atoms with van der Waals surface area (Å²) < 4.78 is 30.2. The molecule has 0 fully saturated rings. The minimum Gasteiger partial charge on any atom is -0.496 e. The number of halogens is 2. The van der Waals surface area contributed by atoms with Crippen molar-refractivity contribution >= 4 is 0 Å². The Morgan fingerprint density at radius 2 is 2.13 bits per heavy atom. The van der Waals surface area contributed by atoms with Crippen LogP contribution in [-0.2, 0) is 0 Å². The Bertz CT molecular complexity index is 331. The molecular weight excluding hydrogens is 204 g/mol. The van der Waals surface area contributed by atoms with Gasteiger partial charge in [-0.3, -0.25) is 0 Å². The van der Waals surface area contributed by atoms with E-state index in [1.165, 1.54) is 25.3 Å². The SMILES string of the molecule is COc1cccc(C(F)F)c1C(O)CN. The predicted octanol–water partition coefficient (Wildman–Crippen LogP) is 1.62. The van der Waals surface area contributed by atoms with Gasteiger partial charge in [0, 0.05) is 17.7 Å². The molecule has 5 heteroatoms. The minimum atomic E-state index is -2.66. The second kappa shape index (κ2) is 5.04. The highest BCUT2D eigenvalue weighted by atomic mass is 19.3. The molecule has 0 heterocycles. The lowest BCUT2D eigenvalue weighted by molar-refractivity contribution is 0.136. The Hall–Kier alpha value is -1.20. The number of aliphatic hydroxyl groups is 1. The van der Waals surface area contributed by atoms with Crippen LogP contribution in [0.3, 0.4) is 0 Å². The molecule has 0 aromatic heterocycles. The van der Waals surface area contributed by atoms with Crippen molar-refractivity contribution in [3.8, 4) is 5.75 Å². The number of hydrogen-bond acceptors (Lipinski definition) is 3. The van der Waals surface area contributed by atoms with Crippen LogP contribution in [0.2, 0.25) is 0 Å². The second-order valence-corrected chi connectivity index (χ2v) is 3.02. The summed E-state index contributed by atoms with van der Waals surface area (Å²) in [4.78, 5) is 0. The van der Waals surface area contributed by atoms with Crippen LogP contribution in [0.4, 0.5) is 8.78 Å². The lowest BCUT2D eigenvalue weighted by Gasteiger charge is -2.17. The molecule has 1 atom stereocenters. The van der Waals surface area contributed by atoms with E-state index < -0.39 is 12.5 Å². The van der Waals surface area contributed by atoms with Crippen LogP contribution in [0.5, 0.6) is 5.75 Å². The fourth-order valence-corrected chi connectivity index (χ4v) is 1.40. The molecule has 0 amide bonds. The lowest BCUT2D eigenvalue weighted by Crippen LogP contribution is -2.14. The van der Waals surface area contributed by atoms with E-state index in [0.29, 0.717) is 0 Å². The van der Waals surface area contributed by atoms with Crippen LogP contribution < -0.4 is 10.5 Å². The normalized spacial score (nSPS) is 12.9. The van der Waals surface area contributed by atoms with Gasteiger partial charge in [-0.05, 0) is 6.07 Å². The molecule has 0 aliphatic carbocycles. The molecule has 0 saturated heterocycles. The summed E-state index contributed by atoms with van der Waals surface area (Å²) in [6, 6.07) is 4.22. The van der Waals surface area contributed by atoms with E-state index in [1.54, 1.807) is 0 Å². The highest BCUT2D eigenvalue weighted by Crippen LogP contribution is 2.33. The third-order valence-corrected chi connectivity index (χ3v) is 2.11. The summed E-state index contributed by atoms with van der Waals surface area (Å²) >= 11 is 0. The fraction of sp³-hybridized carbons (Fsp3) is 0.400. The predicted molar refractivity (Wildman–Crippen MR) is 52.0 cm³/mol. The van der Waals surface area contributed by atoms with Gasteiger partial charge >= 0.3 is 0 Å². The molecule has 1 aromatic rings. The standard InChI is InChI=1S/C10H13F2NO2/c1-15-8-4-2-3-6(10(11)12)9(8)7(14)5-13/h2-4,7,10,14H,5,13H2,1H3. The minimum absolute atomic E-state index is 0.0671. The maximum Gasteiger partial charge on any atom is 0.264 e. The quantitative estimate of drug-likeness (QED) is 0.805. The Balaban J connectivity index is 3.26. The first-order chi connectivity index (χ1) is 7.11. The first-order valence-electron chi connectivity index (χ1n) is 4.44. The molecule has 1 rings (SSSR count). The summed E-state index contributed by atoms with van der Waals surface area (Å²) in [5.74, 6) is 0.228. The van der Waals surface area contributed by atoms with Crippen molar-refractivity contribution in [1.29, 1.82) is 0 Å². The summed E-state index contributed by atoms with van der Waals surface area (Å²) in [5.41, 5.74) is 5.07. The number of methoxy groups -OCH3 is 1. The van der Waals surface area contributed by atoms with Gasteiger partial charge in [0.15, 0.2) is 0 Å². The average Bonchev–Trinajstić information content (AvgIpc) is 2.26. The Kier molecular flexibility index (Phi) is 3.99. The van der Waals surface area contributed by atoms with Gasteiger partial charge in [-0.25, -0.2) is 8.78 Å². The molecule has 0 saturated carbocycles. The van der Waals surface area contributed by atoms with Gasteiger partial charge in [0.25, 0.3) is 6.43 Å². The first-order valence-corrected chi connectivity index (χ1v) is 4.44. The first kappa shape index (κ1) is 11.9. The molecule has 0 bridgehead atoms. The van der Waals surface area contributed by atoms with E-state index in [1.807, 2.05) is 0 Å². The van der Waals surface area contributed by atoms with Crippen LogP contribution in [-0.4, -0.2) is 18.8 Å². The molecule has 0 aliphatic rings. The van der Waals surface area contributed by atoms with E-state index in [4.69, 9.17) is 10.5 Å². The van der Waals surface area contributed by atoms with Crippen molar-refractivity contribution in [2.75, 3.05) is 13.7 Å². The zero-order chi connectivity index (χ0) is 11.4. The number of benzene rings is 1. The van der Waals surface area contributed by atoms with Gasteiger partial charge in [-0.1, -0.05) is 12.1 Å². The number of aliphatic hydroxyl groups excluding tert-OH is 1. The van der Waals surface area contributed by atoms with Crippen molar-refractivity contribution in [3.63, 3.8) is 0 Å². The number of ether oxygens (including phenoxy) is 1. The summed E-state index contributed by atoms with van der Waals surface area (Å²) in [6.07, 6.45) is -3.79. The van der Waals surface area contributed by atoms with Crippen LogP contribution >= 0.6 is 0 Å². The number of alkyl halides is 2. The van der Waals surface area contributed by atoms with Crippen molar-refractivity contribution in [2.45, 2.75) is 12.5 Å². The summed E-state index contributed by atoms with van der Waals surface area (Å²) in [7, 11) is 1.36. The van der Waals surface area contributed by atoms with Gasteiger partial charge < -0.3 is 15.6 Å². The van der Waals surface area contributed by atoms with Crippen LogP contribution in [0.1, 0.15) is 23.7 Å². The second-order valence-electron chi connectivity index (χ2n) is 3.02. The molecule has 0 spiro atoms. The molecule has 3 nitrogen and oxygen atoms in total. The van der Waals surface area contributed by atoms with E-state index >= 15 is 0 Å². The maximum absolute atomic E-state index is 12.6.